The van der Waals surface area contributed by atoms with Crippen LogP contribution in [0.2, 0.25) is 0 Å². The van der Waals surface area contributed by atoms with Gasteiger partial charge in [-0.3, -0.25) is 9.80 Å². The van der Waals surface area contributed by atoms with Crippen molar-refractivity contribution in [2.75, 3.05) is 69.0 Å². The van der Waals surface area contributed by atoms with Gasteiger partial charge in [0.25, 0.3) is 0 Å². The zero-order valence-corrected chi connectivity index (χ0v) is 24.0. The van der Waals surface area contributed by atoms with Gasteiger partial charge in [0.15, 0.2) is 0 Å². The molecule has 2 heterocycles. The molecule has 0 aromatic heterocycles. The van der Waals surface area contributed by atoms with Gasteiger partial charge in [-0.1, -0.05) is 33.1 Å². The van der Waals surface area contributed by atoms with Crippen molar-refractivity contribution in [2.45, 2.75) is 71.6 Å². The van der Waals surface area contributed by atoms with Crippen molar-refractivity contribution >= 4 is 23.8 Å². The standard InChI is InChI=1S/C25H50N10/c1-11-13-15-18-32(8)24-29-21(28-22(30(4)5)34(24)10)16-19-35-23(31(6)7)26-20(3)27-25(35)33(9)17-14-12-2/h20-21H,11-19H2,1-10H3. The molecular weight excluding hydrogens is 440 g/mol. The smallest absolute Gasteiger partial charge is 0.205 e. The number of nitrogens with zero attached hydrogens (tertiary/aromatic N) is 10. The van der Waals surface area contributed by atoms with E-state index < -0.39 is 0 Å². The van der Waals surface area contributed by atoms with E-state index in [4.69, 9.17) is 20.0 Å². The topological polar surface area (TPSA) is 68.9 Å². The van der Waals surface area contributed by atoms with Crippen molar-refractivity contribution in [3.05, 3.63) is 0 Å². The van der Waals surface area contributed by atoms with Gasteiger partial charge in [-0.2, -0.15) is 0 Å². The van der Waals surface area contributed by atoms with Gasteiger partial charge in [0, 0.05) is 75.4 Å². The largest absolute Gasteiger partial charge is 0.349 e. The summed E-state index contributed by atoms with van der Waals surface area (Å²) in [6, 6.07) is 0. The molecule has 2 atom stereocenters. The van der Waals surface area contributed by atoms with E-state index in [1.807, 2.05) is 35.1 Å². The first-order valence-electron chi connectivity index (χ1n) is 13.2. The Bertz CT molecular complexity index is 785. The Hall–Kier alpha value is -2.52. The average Bonchev–Trinajstić information content (AvgIpc) is 2.81. The summed E-state index contributed by atoms with van der Waals surface area (Å²) in [6.45, 7) is 9.21. The van der Waals surface area contributed by atoms with Crippen LogP contribution in [0.4, 0.5) is 0 Å². The van der Waals surface area contributed by atoms with E-state index in [0.29, 0.717) is 0 Å². The summed E-state index contributed by atoms with van der Waals surface area (Å²) in [5.74, 6) is 3.84. The van der Waals surface area contributed by atoms with E-state index >= 15 is 0 Å². The zero-order chi connectivity index (χ0) is 26.1. The number of aliphatic imine (C=N–C) groups is 4. The molecule has 0 fully saturated rings. The molecule has 10 nitrogen and oxygen atoms in total. The maximum atomic E-state index is 5.08. The highest BCUT2D eigenvalue weighted by molar-refractivity contribution is 6.00. The predicted octanol–water partition coefficient (Wildman–Crippen LogP) is 2.71. The van der Waals surface area contributed by atoms with Crippen LogP contribution in [-0.2, 0) is 0 Å². The first-order chi connectivity index (χ1) is 16.6. The number of unbranched alkanes of at least 4 members (excludes halogenated alkanes) is 3. The molecule has 0 bridgehead atoms. The average molecular weight is 491 g/mol. The molecule has 0 radical (unpaired) electrons. The van der Waals surface area contributed by atoms with Crippen molar-refractivity contribution < 1.29 is 0 Å². The maximum absolute atomic E-state index is 5.08. The quantitative estimate of drug-likeness (QED) is 0.439. The molecule has 0 aromatic rings. The molecule has 200 valence electrons. The van der Waals surface area contributed by atoms with Crippen LogP contribution in [0.1, 0.15) is 59.3 Å². The molecule has 0 amide bonds. The van der Waals surface area contributed by atoms with Gasteiger partial charge in [0.2, 0.25) is 23.8 Å². The van der Waals surface area contributed by atoms with Gasteiger partial charge < -0.3 is 19.6 Å². The van der Waals surface area contributed by atoms with Gasteiger partial charge in [0.05, 0.1) is 0 Å². The second-order valence-corrected chi connectivity index (χ2v) is 10.0. The minimum atomic E-state index is -0.155. The number of hydrogen-bond acceptors (Lipinski definition) is 10. The molecule has 0 saturated carbocycles. The lowest BCUT2D eigenvalue weighted by Gasteiger charge is -2.39. The molecule has 35 heavy (non-hydrogen) atoms. The van der Waals surface area contributed by atoms with Gasteiger partial charge in [-0.05, 0) is 19.8 Å². The van der Waals surface area contributed by atoms with E-state index in [1.54, 1.807) is 0 Å². The van der Waals surface area contributed by atoms with E-state index in [-0.39, 0.29) is 12.3 Å². The molecule has 2 rings (SSSR count). The molecule has 0 spiro atoms. The second-order valence-electron chi connectivity index (χ2n) is 10.0. The highest BCUT2D eigenvalue weighted by Crippen LogP contribution is 2.18. The Morgan fingerprint density at radius 3 is 1.83 bits per heavy atom. The third-order valence-corrected chi connectivity index (χ3v) is 6.25. The molecule has 2 aliphatic rings. The lowest BCUT2D eigenvalue weighted by Crippen LogP contribution is -2.54. The fourth-order valence-electron chi connectivity index (χ4n) is 4.35. The van der Waals surface area contributed by atoms with E-state index in [9.17, 15) is 0 Å². The summed E-state index contributed by atoms with van der Waals surface area (Å²) in [5, 5.41) is 0. The molecular formula is C25H50N10. The SMILES string of the molecule is CCCCCN(C)C1=NC(CCN2C(N(C)C)=NC(C)N=C2N(C)CCCC)N=C(N(C)C)N1C. The van der Waals surface area contributed by atoms with Crippen LogP contribution in [0.15, 0.2) is 20.0 Å². The van der Waals surface area contributed by atoms with Crippen molar-refractivity contribution in [3.63, 3.8) is 0 Å². The maximum Gasteiger partial charge on any atom is 0.205 e. The molecule has 0 aromatic carbocycles. The Morgan fingerprint density at radius 1 is 0.686 bits per heavy atom. The van der Waals surface area contributed by atoms with Gasteiger partial charge in [-0.25, -0.2) is 20.0 Å². The van der Waals surface area contributed by atoms with E-state index in [2.05, 4.69) is 64.4 Å². The first-order valence-corrected chi connectivity index (χ1v) is 13.2. The predicted molar refractivity (Wildman–Crippen MR) is 149 cm³/mol. The second kappa shape index (κ2) is 13.5. The van der Waals surface area contributed by atoms with Gasteiger partial charge >= 0.3 is 0 Å². The third-order valence-electron chi connectivity index (χ3n) is 6.25. The first kappa shape index (κ1) is 28.7. The molecule has 10 heteroatoms. The Kier molecular flexibility index (Phi) is 11.1. The Morgan fingerprint density at radius 2 is 1.23 bits per heavy atom. The summed E-state index contributed by atoms with van der Waals surface area (Å²) in [7, 11) is 14.5. The minimum absolute atomic E-state index is 0.0918. The van der Waals surface area contributed by atoms with Gasteiger partial charge in [0.1, 0.15) is 12.3 Å². The van der Waals surface area contributed by atoms with Crippen LogP contribution in [0, 0.1) is 0 Å². The molecule has 2 aliphatic heterocycles. The monoisotopic (exact) mass is 490 g/mol. The number of guanidine groups is 4. The molecule has 0 aliphatic carbocycles. The summed E-state index contributed by atoms with van der Waals surface area (Å²) in [6.07, 6.45) is 6.43. The summed E-state index contributed by atoms with van der Waals surface area (Å²) < 4.78 is 0. The van der Waals surface area contributed by atoms with Crippen LogP contribution in [0.25, 0.3) is 0 Å². The summed E-state index contributed by atoms with van der Waals surface area (Å²) in [4.78, 5) is 32.8. The van der Waals surface area contributed by atoms with E-state index in [0.717, 1.165) is 69.2 Å². The number of hydrogen-bond donors (Lipinski definition) is 0. The van der Waals surface area contributed by atoms with Crippen LogP contribution in [-0.4, -0.2) is 135 Å². The number of rotatable bonds is 10. The van der Waals surface area contributed by atoms with Crippen molar-refractivity contribution in [2.24, 2.45) is 20.0 Å². The van der Waals surface area contributed by atoms with Crippen molar-refractivity contribution in [1.82, 2.24) is 29.4 Å². The zero-order valence-electron chi connectivity index (χ0n) is 24.0. The normalized spacial score (nSPS) is 20.2. The summed E-state index contributed by atoms with van der Waals surface area (Å²) in [5.41, 5.74) is 0. The third kappa shape index (κ3) is 7.73. The van der Waals surface area contributed by atoms with E-state index in [1.165, 1.54) is 12.8 Å². The molecule has 0 N–H and O–H groups in total. The lowest BCUT2D eigenvalue weighted by molar-refractivity contribution is 0.358. The van der Waals surface area contributed by atoms with Gasteiger partial charge in [-0.15, -0.1) is 0 Å². The minimum Gasteiger partial charge on any atom is -0.349 e. The molecule has 2 unspecified atom stereocenters. The Balaban J connectivity index is 2.26. The van der Waals surface area contributed by atoms with Crippen LogP contribution in [0.5, 0.6) is 0 Å². The highest BCUT2D eigenvalue weighted by atomic mass is 15.5. The van der Waals surface area contributed by atoms with Crippen molar-refractivity contribution in [3.8, 4) is 0 Å². The van der Waals surface area contributed by atoms with Crippen LogP contribution >= 0.6 is 0 Å². The molecule has 0 saturated heterocycles. The lowest BCUT2D eigenvalue weighted by atomic mass is 10.2. The van der Waals surface area contributed by atoms with Crippen molar-refractivity contribution in [1.29, 1.82) is 0 Å². The van der Waals surface area contributed by atoms with Crippen LogP contribution in [0.3, 0.4) is 0 Å². The highest BCUT2D eigenvalue weighted by Gasteiger charge is 2.30. The summed E-state index contributed by atoms with van der Waals surface area (Å²) >= 11 is 0. The fraction of sp³-hybridized carbons (Fsp3) is 0.840. The Labute approximate surface area is 214 Å². The van der Waals surface area contributed by atoms with Crippen LogP contribution < -0.4 is 0 Å². The fourth-order valence-corrected chi connectivity index (χ4v) is 4.35.